The number of fused-ring (bicyclic) bond motifs is 1. The maximum atomic E-state index is 13.5. The Morgan fingerprint density at radius 2 is 2.03 bits per heavy atom. The fraction of sp³-hybridized carbons (Fsp3) is 0.450. The van der Waals surface area contributed by atoms with E-state index >= 15 is 0 Å². The highest BCUT2D eigenvalue weighted by atomic mass is 32.1. The predicted octanol–water partition coefficient (Wildman–Crippen LogP) is 2.94. The lowest BCUT2D eigenvalue weighted by atomic mass is 10.1. The van der Waals surface area contributed by atoms with Crippen molar-refractivity contribution in [3.05, 3.63) is 46.5 Å². The zero-order valence-electron chi connectivity index (χ0n) is 16.9. The molecule has 4 heterocycles. The van der Waals surface area contributed by atoms with Crippen LogP contribution in [-0.2, 0) is 0 Å². The molecule has 2 atom stereocenters. The van der Waals surface area contributed by atoms with Crippen LogP contribution in [0.5, 0.6) is 0 Å². The number of nitrogens with zero attached hydrogens (tertiary/aromatic N) is 5. The number of thiophene rings is 1. The van der Waals surface area contributed by atoms with Crippen molar-refractivity contribution in [3.63, 3.8) is 0 Å². The quantitative estimate of drug-likeness (QED) is 0.640. The van der Waals surface area contributed by atoms with Crippen LogP contribution in [0, 0.1) is 12.7 Å². The second kappa shape index (κ2) is 7.91. The Morgan fingerprint density at radius 3 is 2.72 bits per heavy atom. The van der Waals surface area contributed by atoms with Crippen molar-refractivity contribution in [1.82, 2.24) is 24.8 Å². The number of likely N-dealkylation sites (tertiary alicyclic amines) is 1. The number of likely N-dealkylation sites (N-methyl/N-ethyl adjacent to an activating group) is 1. The number of nitrogens with one attached hydrogen (secondary N) is 1. The summed E-state index contributed by atoms with van der Waals surface area (Å²) >= 11 is 1.58. The number of aryl methyl sites for hydroxylation is 1. The molecule has 0 radical (unpaired) electrons. The Hall–Kier alpha value is -2.20. The number of rotatable bonds is 6. The molecule has 1 aliphatic rings. The molecule has 0 aromatic carbocycles. The van der Waals surface area contributed by atoms with Crippen LogP contribution in [0.1, 0.15) is 35.3 Å². The van der Waals surface area contributed by atoms with Crippen molar-refractivity contribution in [3.8, 4) is 0 Å². The van der Waals surface area contributed by atoms with Gasteiger partial charge >= 0.3 is 0 Å². The van der Waals surface area contributed by atoms with Gasteiger partial charge in [-0.2, -0.15) is 0 Å². The number of aromatic nitrogens is 3. The maximum Gasteiger partial charge on any atom is 0.224 e. The summed E-state index contributed by atoms with van der Waals surface area (Å²) in [5.41, 5.74) is 2.11. The van der Waals surface area contributed by atoms with E-state index in [2.05, 4.69) is 25.2 Å². The summed E-state index contributed by atoms with van der Waals surface area (Å²) in [4.78, 5) is 18.4. The van der Waals surface area contributed by atoms with Crippen LogP contribution in [-0.4, -0.2) is 63.1 Å². The SMILES string of the molecule is Cc1cc2nc(NC(C)c3cncc(F)c3)nc(C(O)N3CC(N(C)C)C3)c2s1. The van der Waals surface area contributed by atoms with Gasteiger partial charge in [0.15, 0.2) is 6.23 Å². The summed E-state index contributed by atoms with van der Waals surface area (Å²) in [6.07, 6.45) is 2.00. The molecule has 0 bridgehead atoms. The molecule has 3 aromatic heterocycles. The third-order valence-corrected chi connectivity index (χ3v) is 6.37. The average molecular weight is 417 g/mol. The van der Waals surface area contributed by atoms with E-state index in [0.717, 1.165) is 28.2 Å². The van der Waals surface area contributed by atoms with E-state index in [-0.39, 0.29) is 11.9 Å². The van der Waals surface area contributed by atoms with Crippen molar-refractivity contribution in [1.29, 1.82) is 0 Å². The minimum atomic E-state index is -0.790. The molecule has 9 heteroatoms. The molecule has 2 N–H and O–H groups in total. The van der Waals surface area contributed by atoms with Crippen LogP contribution < -0.4 is 5.32 Å². The highest BCUT2D eigenvalue weighted by Crippen LogP contribution is 2.34. The fourth-order valence-electron chi connectivity index (χ4n) is 3.44. The number of hydrogen-bond acceptors (Lipinski definition) is 8. The molecule has 1 aliphatic heterocycles. The van der Waals surface area contributed by atoms with Crippen LogP contribution in [0.2, 0.25) is 0 Å². The molecule has 0 amide bonds. The minimum absolute atomic E-state index is 0.234. The van der Waals surface area contributed by atoms with E-state index < -0.39 is 6.23 Å². The first-order valence-electron chi connectivity index (χ1n) is 9.55. The largest absolute Gasteiger partial charge is 0.372 e. The standard InChI is InChI=1S/C20H25FN6OS/c1-11-5-16-18(29-11)17(19(28)27-9-15(10-27)26(3)4)25-20(24-16)23-12(2)13-6-14(21)8-22-7-13/h5-8,12,15,19,28H,9-10H2,1-4H3,(H,23,24,25). The first-order valence-corrected chi connectivity index (χ1v) is 10.4. The molecule has 3 aromatic rings. The van der Waals surface area contributed by atoms with Crippen LogP contribution in [0.4, 0.5) is 10.3 Å². The number of halogens is 1. The van der Waals surface area contributed by atoms with Gasteiger partial charge in [-0.05, 0) is 45.6 Å². The van der Waals surface area contributed by atoms with Gasteiger partial charge in [-0.15, -0.1) is 11.3 Å². The fourth-order valence-corrected chi connectivity index (χ4v) is 4.40. The van der Waals surface area contributed by atoms with Gasteiger partial charge in [0.25, 0.3) is 0 Å². The first-order chi connectivity index (χ1) is 13.8. The van der Waals surface area contributed by atoms with Crippen LogP contribution in [0.15, 0.2) is 24.5 Å². The monoisotopic (exact) mass is 416 g/mol. The molecule has 4 rings (SSSR count). The highest BCUT2D eigenvalue weighted by Gasteiger charge is 2.35. The zero-order valence-corrected chi connectivity index (χ0v) is 17.7. The first kappa shape index (κ1) is 20.1. The smallest absolute Gasteiger partial charge is 0.224 e. The van der Waals surface area contributed by atoms with Crippen molar-refractivity contribution in [2.75, 3.05) is 32.5 Å². The Morgan fingerprint density at radius 1 is 1.28 bits per heavy atom. The second-order valence-corrected chi connectivity index (χ2v) is 9.01. The van der Waals surface area contributed by atoms with Crippen molar-refractivity contribution in [2.45, 2.75) is 32.2 Å². The van der Waals surface area contributed by atoms with Gasteiger partial charge in [0, 0.05) is 30.2 Å². The normalized spacial score (nSPS) is 17.5. The van der Waals surface area contributed by atoms with Crippen molar-refractivity contribution >= 4 is 27.5 Å². The molecule has 2 unspecified atom stereocenters. The second-order valence-electron chi connectivity index (χ2n) is 7.75. The van der Waals surface area contributed by atoms with E-state index in [1.807, 2.05) is 38.9 Å². The molecular formula is C20H25FN6OS. The van der Waals surface area contributed by atoms with Gasteiger partial charge in [0.05, 0.1) is 22.5 Å². The molecule has 1 saturated heterocycles. The Kier molecular flexibility index (Phi) is 5.48. The molecule has 0 aliphatic carbocycles. The van der Waals surface area contributed by atoms with Gasteiger partial charge in [0.1, 0.15) is 11.5 Å². The van der Waals surface area contributed by atoms with Crippen molar-refractivity contribution < 1.29 is 9.50 Å². The minimum Gasteiger partial charge on any atom is -0.372 e. The summed E-state index contributed by atoms with van der Waals surface area (Å²) in [6, 6.07) is 3.64. The van der Waals surface area contributed by atoms with Gasteiger partial charge in [-0.1, -0.05) is 0 Å². The van der Waals surface area contributed by atoms with E-state index in [1.165, 1.54) is 12.3 Å². The average Bonchev–Trinajstić information content (AvgIpc) is 2.99. The lowest BCUT2D eigenvalue weighted by Crippen LogP contribution is -2.58. The van der Waals surface area contributed by atoms with Gasteiger partial charge in [-0.3, -0.25) is 9.88 Å². The van der Waals surface area contributed by atoms with Gasteiger partial charge in [-0.25, -0.2) is 14.4 Å². The number of anilines is 1. The van der Waals surface area contributed by atoms with Crippen LogP contribution >= 0.6 is 11.3 Å². The Bertz CT molecular complexity index is 1020. The third kappa shape index (κ3) is 4.09. The summed E-state index contributed by atoms with van der Waals surface area (Å²) in [5, 5.41) is 14.2. The molecule has 7 nitrogen and oxygen atoms in total. The predicted molar refractivity (Wildman–Crippen MR) is 112 cm³/mol. The molecular weight excluding hydrogens is 391 g/mol. The highest BCUT2D eigenvalue weighted by molar-refractivity contribution is 7.19. The summed E-state index contributed by atoms with van der Waals surface area (Å²) < 4.78 is 14.4. The zero-order chi connectivity index (χ0) is 20.7. The van der Waals surface area contributed by atoms with Gasteiger partial charge < -0.3 is 15.3 Å². The Labute approximate surface area is 173 Å². The van der Waals surface area contributed by atoms with E-state index in [9.17, 15) is 9.50 Å². The lowest BCUT2D eigenvalue weighted by molar-refractivity contribution is -0.0753. The lowest BCUT2D eigenvalue weighted by Gasteiger charge is -2.44. The third-order valence-electron chi connectivity index (χ3n) is 5.30. The number of hydrogen-bond donors (Lipinski definition) is 2. The maximum absolute atomic E-state index is 13.5. The molecule has 29 heavy (non-hydrogen) atoms. The van der Waals surface area contributed by atoms with Crippen molar-refractivity contribution in [2.24, 2.45) is 0 Å². The van der Waals surface area contributed by atoms with Crippen LogP contribution in [0.3, 0.4) is 0 Å². The van der Waals surface area contributed by atoms with Gasteiger partial charge in [0.2, 0.25) is 5.95 Å². The number of aliphatic hydroxyl groups is 1. The van der Waals surface area contributed by atoms with E-state index in [0.29, 0.717) is 23.2 Å². The summed E-state index contributed by atoms with van der Waals surface area (Å²) in [6.45, 7) is 5.49. The van der Waals surface area contributed by atoms with E-state index in [4.69, 9.17) is 0 Å². The summed E-state index contributed by atoms with van der Waals surface area (Å²) in [7, 11) is 4.09. The molecule has 0 spiro atoms. The van der Waals surface area contributed by atoms with Crippen LogP contribution in [0.25, 0.3) is 10.2 Å². The Balaban J connectivity index is 1.62. The number of aliphatic hydroxyl groups excluding tert-OH is 1. The molecule has 1 fully saturated rings. The van der Waals surface area contributed by atoms with E-state index in [1.54, 1.807) is 17.5 Å². The number of pyridine rings is 1. The molecule has 154 valence electrons. The molecule has 0 saturated carbocycles. The summed E-state index contributed by atoms with van der Waals surface area (Å²) in [5.74, 6) is 0.0242. The topological polar surface area (TPSA) is 77.4 Å².